The van der Waals surface area contributed by atoms with Gasteiger partial charge in [-0.3, -0.25) is 4.79 Å². The molecular weight excluding hydrogens is 240 g/mol. The van der Waals surface area contributed by atoms with Crippen molar-refractivity contribution in [2.24, 2.45) is 5.92 Å². The summed E-state index contributed by atoms with van der Waals surface area (Å²) in [5.41, 5.74) is 1.73. The number of hydrogen-bond acceptors (Lipinski definition) is 3. The number of rotatable bonds is 6. The predicted octanol–water partition coefficient (Wildman–Crippen LogP) is 1.89. The van der Waals surface area contributed by atoms with Gasteiger partial charge in [-0.2, -0.15) is 0 Å². The highest BCUT2D eigenvalue weighted by atomic mass is 16.3. The molecule has 106 valence electrons. The van der Waals surface area contributed by atoms with Crippen molar-refractivity contribution in [3.05, 3.63) is 29.8 Å². The van der Waals surface area contributed by atoms with Crippen molar-refractivity contribution in [3.8, 4) is 0 Å². The zero-order valence-electron chi connectivity index (χ0n) is 12.2. The van der Waals surface area contributed by atoms with Crippen LogP contribution >= 0.6 is 0 Å². The second-order valence-electron chi connectivity index (χ2n) is 5.34. The molecule has 0 saturated heterocycles. The van der Waals surface area contributed by atoms with E-state index < -0.39 is 0 Å². The molecule has 4 nitrogen and oxygen atoms in total. The molecule has 0 aliphatic rings. The summed E-state index contributed by atoms with van der Waals surface area (Å²) >= 11 is 0. The summed E-state index contributed by atoms with van der Waals surface area (Å²) in [4.78, 5) is 13.9. The van der Waals surface area contributed by atoms with Gasteiger partial charge in [0.15, 0.2) is 0 Å². The Morgan fingerprint density at radius 1 is 1.26 bits per heavy atom. The van der Waals surface area contributed by atoms with Crippen LogP contribution in [-0.2, 0) is 0 Å². The quantitative estimate of drug-likeness (QED) is 0.825. The number of nitrogens with one attached hydrogen (secondary N) is 1. The van der Waals surface area contributed by atoms with Crippen molar-refractivity contribution in [2.45, 2.75) is 26.4 Å². The molecule has 2 atom stereocenters. The third-order valence-electron chi connectivity index (χ3n) is 3.00. The van der Waals surface area contributed by atoms with Gasteiger partial charge in [-0.25, -0.2) is 0 Å². The van der Waals surface area contributed by atoms with Crippen molar-refractivity contribution in [2.75, 3.05) is 25.5 Å². The largest absolute Gasteiger partial charge is 0.393 e. The first-order chi connectivity index (χ1) is 8.90. The van der Waals surface area contributed by atoms with Gasteiger partial charge in [0.2, 0.25) is 0 Å². The summed E-state index contributed by atoms with van der Waals surface area (Å²) in [6.07, 6.45) is 0.367. The number of amides is 1. The Bertz CT molecular complexity index is 399. The van der Waals surface area contributed by atoms with Crippen molar-refractivity contribution in [3.63, 3.8) is 0 Å². The van der Waals surface area contributed by atoms with Gasteiger partial charge in [-0.15, -0.1) is 0 Å². The maximum atomic E-state index is 11.9. The molecule has 1 aromatic carbocycles. The van der Waals surface area contributed by atoms with E-state index in [2.05, 4.69) is 5.32 Å². The van der Waals surface area contributed by atoms with Crippen LogP contribution in [0.25, 0.3) is 0 Å². The molecule has 0 aliphatic heterocycles. The summed E-state index contributed by atoms with van der Waals surface area (Å²) in [5.74, 6) is 0.202. The lowest BCUT2D eigenvalue weighted by Crippen LogP contribution is -2.29. The van der Waals surface area contributed by atoms with E-state index in [4.69, 9.17) is 0 Å². The molecule has 19 heavy (non-hydrogen) atoms. The zero-order valence-corrected chi connectivity index (χ0v) is 12.2. The van der Waals surface area contributed by atoms with Crippen LogP contribution in [0, 0.1) is 5.92 Å². The van der Waals surface area contributed by atoms with E-state index in [9.17, 15) is 9.90 Å². The molecule has 1 rings (SSSR count). The first kappa shape index (κ1) is 15.5. The fourth-order valence-corrected chi connectivity index (χ4v) is 1.95. The van der Waals surface area contributed by atoms with Crippen LogP contribution in [-0.4, -0.2) is 37.8 Å². The van der Waals surface area contributed by atoms with E-state index in [0.717, 1.165) is 5.69 Å². The van der Waals surface area contributed by atoms with Crippen LogP contribution in [0.15, 0.2) is 24.3 Å². The van der Waals surface area contributed by atoms with Crippen LogP contribution in [0.3, 0.4) is 0 Å². The second kappa shape index (κ2) is 7.14. The Kier molecular flexibility index (Phi) is 5.83. The van der Waals surface area contributed by atoms with E-state index in [1.807, 2.05) is 50.2 Å². The molecule has 0 heterocycles. The number of benzene rings is 1. The van der Waals surface area contributed by atoms with Crippen LogP contribution in [0.4, 0.5) is 5.69 Å². The highest BCUT2D eigenvalue weighted by molar-refractivity contribution is 5.94. The number of aliphatic hydroxyl groups excluding tert-OH is 1. The van der Waals surface area contributed by atoms with Crippen LogP contribution in [0.5, 0.6) is 0 Å². The number of nitrogens with zero attached hydrogens (tertiary/aromatic N) is 1. The fraction of sp³-hybridized carbons (Fsp3) is 0.533. The molecule has 1 amide bonds. The van der Waals surface area contributed by atoms with Gasteiger partial charge in [0, 0.05) is 31.9 Å². The number of carbonyl (C=O) groups is 1. The van der Waals surface area contributed by atoms with Gasteiger partial charge in [-0.05, 0) is 43.5 Å². The third-order valence-corrected chi connectivity index (χ3v) is 3.00. The molecule has 1 aromatic rings. The summed E-state index contributed by atoms with van der Waals surface area (Å²) in [6, 6.07) is 7.50. The lowest BCUT2D eigenvalue weighted by atomic mass is 10.0. The first-order valence-corrected chi connectivity index (χ1v) is 6.63. The second-order valence-corrected chi connectivity index (χ2v) is 5.34. The summed E-state index contributed by atoms with van der Waals surface area (Å²) < 4.78 is 0. The van der Waals surface area contributed by atoms with Crippen LogP contribution < -0.4 is 10.2 Å². The molecule has 0 fully saturated rings. The molecular formula is C15H24N2O2. The highest BCUT2D eigenvalue weighted by Gasteiger charge is 2.10. The summed E-state index contributed by atoms with van der Waals surface area (Å²) in [6.45, 7) is 4.36. The molecule has 0 radical (unpaired) electrons. The van der Waals surface area contributed by atoms with Crippen molar-refractivity contribution < 1.29 is 9.90 Å². The number of anilines is 1. The van der Waals surface area contributed by atoms with E-state index in [1.54, 1.807) is 6.92 Å². The van der Waals surface area contributed by atoms with Gasteiger partial charge in [-0.1, -0.05) is 6.92 Å². The van der Waals surface area contributed by atoms with E-state index >= 15 is 0 Å². The number of aliphatic hydroxyl groups is 1. The Hall–Kier alpha value is -1.55. The molecule has 0 aromatic heterocycles. The van der Waals surface area contributed by atoms with E-state index in [-0.39, 0.29) is 17.9 Å². The zero-order chi connectivity index (χ0) is 14.4. The molecule has 0 aliphatic carbocycles. The van der Waals surface area contributed by atoms with Crippen molar-refractivity contribution >= 4 is 11.6 Å². The standard InChI is InChI=1S/C15H24N2O2/c1-11(9-12(2)18)10-16-15(19)13-5-7-14(8-6-13)17(3)4/h5-8,11-12,18H,9-10H2,1-4H3,(H,16,19)/t11-,12+/m1/s1. The molecule has 4 heteroatoms. The minimum Gasteiger partial charge on any atom is -0.393 e. The van der Waals surface area contributed by atoms with Crippen molar-refractivity contribution in [1.82, 2.24) is 5.32 Å². The first-order valence-electron chi connectivity index (χ1n) is 6.63. The molecule has 0 bridgehead atoms. The van der Waals surface area contributed by atoms with Crippen LogP contribution in [0.1, 0.15) is 30.6 Å². The average molecular weight is 264 g/mol. The van der Waals surface area contributed by atoms with Gasteiger partial charge < -0.3 is 15.3 Å². The van der Waals surface area contributed by atoms with Gasteiger partial charge in [0.05, 0.1) is 6.10 Å². The van der Waals surface area contributed by atoms with Crippen LogP contribution in [0.2, 0.25) is 0 Å². The predicted molar refractivity (Wildman–Crippen MR) is 78.6 cm³/mol. The highest BCUT2D eigenvalue weighted by Crippen LogP contribution is 2.12. The Morgan fingerprint density at radius 2 is 1.84 bits per heavy atom. The lowest BCUT2D eigenvalue weighted by Gasteiger charge is -2.15. The maximum absolute atomic E-state index is 11.9. The smallest absolute Gasteiger partial charge is 0.251 e. The summed E-state index contributed by atoms with van der Waals surface area (Å²) in [5, 5.41) is 12.2. The van der Waals surface area contributed by atoms with Gasteiger partial charge in [0.1, 0.15) is 0 Å². The minimum absolute atomic E-state index is 0.0669. The topological polar surface area (TPSA) is 52.6 Å². The fourth-order valence-electron chi connectivity index (χ4n) is 1.95. The molecule has 0 spiro atoms. The number of hydrogen-bond donors (Lipinski definition) is 2. The molecule has 0 saturated carbocycles. The number of carbonyl (C=O) groups excluding carboxylic acids is 1. The van der Waals surface area contributed by atoms with E-state index in [1.165, 1.54) is 0 Å². The Balaban J connectivity index is 2.49. The normalized spacial score (nSPS) is 13.7. The van der Waals surface area contributed by atoms with Crippen molar-refractivity contribution in [1.29, 1.82) is 0 Å². The maximum Gasteiger partial charge on any atom is 0.251 e. The van der Waals surface area contributed by atoms with Gasteiger partial charge in [0.25, 0.3) is 5.91 Å². The molecule has 2 N–H and O–H groups in total. The lowest BCUT2D eigenvalue weighted by molar-refractivity contribution is 0.0939. The summed E-state index contributed by atoms with van der Waals surface area (Å²) in [7, 11) is 3.93. The molecule has 0 unspecified atom stereocenters. The Labute approximate surface area is 115 Å². The SMILES string of the molecule is C[C@@H](CNC(=O)c1ccc(N(C)C)cc1)C[C@H](C)O. The monoisotopic (exact) mass is 264 g/mol. The average Bonchev–Trinajstić information content (AvgIpc) is 2.35. The van der Waals surface area contributed by atoms with E-state index in [0.29, 0.717) is 18.5 Å². The Morgan fingerprint density at radius 3 is 2.32 bits per heavy atom. The third kappa shape index (κ3) is 5.30. The van der Waals surface area contributed by atoms with Gasteiger partial charge >= 0.3 is 0 Å². The minimum atomic E-state index is -0.328.